The van der Waals surface area contributed by atoms with E-state index >= 15 is 0 Å². The van der Waals surface area contributed by atoms with Crippen LogP contribution in [0.1, 0.15) is 18.4 Å². The van der Waals surface area contributed by atoms with Gasteiger partial charge in [-0.15, -0.1) is 0 Å². The molecule has 0 aromatic heterocycles. The van der Waals surface area contributed by atoms with Crippen LogP contribution >= 0.6 is 0 Å². The van der Waals surface area contributed by atoms with Crippen LogP contribution in [0.15, 0.2) is 48.5 Å². The third-order valence-corrected chi connectivity index (χ3v) is 6.43. The summed E-state index contributed by atoms with van der Waals surface area (Å²) in [4.78, 5) is 12.4. The molecule has 0 unspecified atom stereocenters. The number of hydrogen-bond donors (Lipinski definition) is 1. The van der Waals surface area contributed by atoms with Gasteiger partial charge >= 0.3 is 16.4 Å². The molecule has 6 nitrogen and oxygen atoms in total. The zero-order valence-corrected chi connectivity index (χ0v) is 15.3. The van der Waals surface area contributed by atoms with Crippen LogP contribution < -0.4 is 13.9 Å². The van der Waals surface area contributed by atoms with Crippen molar-refractivity contribution in [2.45, 2.75) is 25.1 Å². The van der Waals surface area contributed by atoms with E-state index in [9.17, 15) is 26.4 Å². The molecule has 1 N–H and O–H groups in total. The van der Waals surface area contributed by atoms with Gasteiger partial charge in [-0.3, -0.25) is 4.79 Å². The first-order chi connectivity index (χ1) is 13.2. The lowest BCUT2D eigenvalue weighted by atomic mass is 10.2. The Morgan fingerprint density at radius 1 is 1.07 bits per heavy atom. The summed E-state index contributed by atoms with van der Waals surface area (Å²) in [6.45, 7) is -0.529. The third-order valence-electron chi connectivity index (χ3n) is 4.55. The molecule has 0 spiro atoms. The van der Waals surface area contributed by atoms with E-state index in [-0.39, 0.29) is 11.7 Å². The Balaban J connectivity index is 1.56. The molecule has 28 heavy (non-hydrogen) atoms. The smallest absolute Gasteiger partial charge is 0.325 e. The Hall–Kier alpha value is -2.75. The van der Waals surface area contributed by atoms with Crippen molar-refractivity contribution in [2.75, 3.05) is 20.5 Å². The van der Waals surface area contributed by atoms with Gasteiger partial charge in [0.05, 0.1) is 16.9 Å². The van der Waals surface area contributed by atoms with Crippen LogP contribution in [0.5, 0.6) is 0 Å². The number of nitrogens with one attached hydrogen (secondary N) is 1. The summed E-state index contributed by atoms with van der Waals surface area (Å²) < 4.78 is 66.6. The number of carbonyl (C=O) groups excluding carboxylic acids is 1. The van der Waals surface area contributed by atoms with E-state index in [1.54, 1.807) is 24.3 Å². The first kappa shape index (κ1) is 18.6. The first-order valence-electron chi connectivity index (χ1n) is 8.56. The number of amides is 1. The number of rotatable bonds is 4. The normalized spacial score (nSPS) is 18.1. The maximum absolute atomic E-state index is 12.9. The SMILES string of the molecule is O=C(CN1c2ccccc2N(C2CC2)S1(=O)=O)Nc1cccc(C(F)(F)F)c1. The molecule has 0 atom stereocenters. The van der Waals surface area contributed by atoms with E-state index in [2.05, 4.69) is 5.32 Å². The Morgan fingerprint density at radius 3 is 2.39 bits per heavy atom. The predicted octanol–water partition coefficient (Wildman–Crippen LogP) is 3.38. The van der Waals surface area contributed by atoms with Crippen LogP contribution in [0.25, 0.3) is 0 Å². The summed E-state index contributed by atoms with van der Waals surface area (Å²) >= 11 is 0. The summed E-state index contributed by atoms with van der Waals surface area (Å²) in [5.74, 6) is -0.727. The molecule has 2 aromatic rings. The molecule has 1 aliphatic carbocycles. The summed E-state index contributed by atoms with van der Waals surface area (Å²) in [6, 6.07) is 10.7. The zero-order valence-electron chi connectivity index (χ0n) is 14.5. The minimum Gasteiger partial charge on any atom is -0.325 e. The number of alkyl halides is 3. The van der Waals surface area contributed by atoms with E-state index in [1.807, 2.05) is 0 Å². The summed E-state index contributed by atoms with van der Waals surface area (Å²) in [5.41, 5.74) is -0.0569. The highest BCUT2D eigenvalue weighted by Crippen LogP contribution is 2.46. The van der Waals surface area contributed by atoms with Crippen molar-refractivity contribution in [1.82, 2.24) is 0 Å². The number of anilines is 3. The second kappa shape index (κ2) is 6.40. The topological polar surface area (TPSA) is 69.7 Å². The Bertz CT molecular complexity index is 1040. The molecule has 2 aliphatic rings. The fraction of sp³-hybridized carbons (Fsp3) is 0.278. The maximum Gasteiger partial charge on any atom is 0.416 e. The molecule has 2 aromatic carbocycles. The van der Waals surface area contributed by atoms with E-state index in [0.717, 1.165) is 29.3 Å². The lowest BCUT2D eigenvalue weighted by molar-refractivity contribution is -0.137. The van der Waals surface area contributed by atoms with Gasteiger partial charge in [0.2, 0.25) is 5.91 Å². The summed E-state index contributed by atoms with van der Waals surface area (Å²) in [6.07, 6.45) is -3.04. The van der Waals surface area contributed by atoms with Crippen LogP contribution in [0.3, 0.4) is 0 Å². The van der Waals surface area contributed by atoms with Gasteiger partial charge in [-0.05, 0) is 43.2 Å². The molecule has 1 heterocycles. The second-order valence-electron chi connectivity index (χ2n) is 6.66. The highest BCUT2D eigenvalue weighted by Gasteiger charge is 2.47. The van der Waals surface area contributed by atoms with Gasteiger partial charge in [-0.25, -0.2) is 8.61 Å². The lowest BCUT2D eigenvalue weighted by Gasteiger charge is -2.21. The Morgan fingerprint density at radius 2 is 1.75 bits per heavy atom. The van der Waals surface area contributed by atoms with Gasteiger partial charge < -0.3 is 5.32 Å². The van der Waals surface area contributed by atoms with Gasteiger partial charge in [0.15, 0.2) is 0 Å². The highest BCUT2D eigenvalue weighted by atomic mass is 32.2. The van der Waals surface area contributed by atoms with Crippen LogP contribution in [0, 0.1) is 0 Å². The molecule has 10 heteroatoms. The second-order valence-corrected chi connectivity index (χ2v) is 8.39. The van der Waals surface area contributed by atoms with Crippen LogP contribution in [0.4, 0.5) is 30.2 Å². The van der Waals surface area contributed by atoms with Crippen molar-refractivity contribution in [3.8, 4) is 0 Å². The minimum absolute atomic E-state index is 0.0521. The largest absolute Gasteiger partial charge is 0.416 e. The third kappa shape index (κ3) is 3.28. The minimum atomic E-state index is -4.54. The quantitative estimate of drug-likeness (QED) is 0.839. The fourth-order valence-corrected chi connectivity index (χ4v) is 5.07. The molecular formula is C18H16F3N3O3S. The number of nitrogens with zero attached hydrogens (tertiary/aromatic N) is 2. The van der Waals surface area contributed by atoms with Crippen molar-refractivity contribution in [3.05, 3.63) is 54.1 Å². The van der Waals surface area contributed by atoms with Crippen LogP contribution in [-0.4, -0.2) is 26.9 Å². The van der Waals surface area contributed by atoms with Crippen molar-refractivity contribution in [1.29, 1.82) is 0 Å². The number of benzene rings is 2. The van der Waals surface area contributed by atoms with Crippen molar-refractivity contribution >= 4 is 33.2 Å². The monoisotopic (exact) mass is 411 g/mol. The van der Waals surface area contributed by atoms with E-state index in [1.165, 1.54) is 16.4 Å². The van der Waals surface area contributed by atoms with Crippen molar-refractivity contribution < 1.29 is 26.4 Å². The van der Waals surface area contributed by atoms with Crippen molar-refractivity contribution in [2.24, 2.45) is 0 Å². The van der Waals surface area contributed by atoms with Crippen LogP contribution in [-0.2, 0) is 21.2 Å². The molecule has 1 amide bonds. The molecule has 4 rings (SSSR count). The van der Waals surface area contributed by atoms with E-state index in [4.69, 9.17) is 0 Å². The van der Waals surface area contributed by atoms with Gasteiger partial charge in [0.1, 0.15) is 6.54 Å². The molecule has 0 radical (unpaired) electrons. The van der Waals surface area contributed by atoms with Crippen LogP contribution in [0.2, 0.25) is 0 Å². The number of halogens is 3. The van der Waals surface area contributed by atoms with E-state index < -0.39 is 34.4 Å². The highest BCUT2D eigenvalue weighted by molar-refractivity contribution is 7.94. The molecule has 1 aliphatic heterocycles. The number of fused-ring (bicyclic) bond motifs is 1. The number of hydrogen-bond acceptors (Lipinski definition) is 3. The standard InChI is InChI=1S/C18H16F3N3O3S/c19-18(20,21)12-4-3-5-13(10-12)22-17(25)11-23-15-6-1-2-7-16(15)24(14-8-9-14)28(23,26)27/h1-7,10,14H,8-9,11H2,(H,22,25). The lowest BCUT2D eigenvalue weighted by Crippen LogP contribution is -2.42. The molecular weight excluding hydrogens is 395 g/mol. The molecule has 1 saturated carbocycles. The average Bonchev–Trinajstić information content (AvgIpc) is 3.41. The fourth-order valence-electron chi connectivity index (χ4n) is 3.18. The Kier molecular flexibility index (Phi) is 4.25. The van der Waals surface area contributed by atoms with E-state index in [0.29, 0.717) is 11.4 Å². The van der Waals surface area contributed by atoms with Crippen molar-refractivity contribution in [3.63, 3.8) is 0 Å². The zero-order chi connectivity index (χ0) is 20.1. The summed E-state index contributed by atoms with van der Waals surface area (Å²) in [5, 5.41) is 2.35. The first-order valence-corrected chi connectivity index (χ1v) is 9.96. The van der Waals surface area contributed by atoms with Gasteiger partial charge in [0, 0.05) is 11.7 Å². The van der Waals surface area contributed by atoms with Gasteiger partial charge in [-0.1, -0.05) is 18.2 Å². The van der Waals surface area contributed by atoms with Gasteiger partial charge in [0.25, 0.3) is 0 Å². The summed E-state index contributed by atoms with van der Waals surface area (Å²) in [7, 11) is -3.92. The van der Waals surface area contributed by atoms with Gasteiger partial charge in [-0.2, -0.15) is 21.6 Å². The maximum atomic E-state index is 12.9. The molecule has 0 bridgehead atoms. The number of para-hydroxylation sites is 2. The molecule has 148 valence electrons. The Labute approximate surface area is 159 Å². The molecule has 1 fully saturated rings. The average molecular weight is 411 g/mol. The number of carbonyl (C=O) groups is 1. The molecule has 0 saturated heterocycles. The predicted molar refractivity (Wildman–Crippen MR) is 98.3 cm³/mol.